The van der Waals surface area contributed by atoms with Crippen LogP contribution in [-0.2, 0) is 18.1 Å². The van der Waals surface area contributed by atoms with Gasteiger partial charge in [-0.05, 0) is 19.8 Å². The van der Waals surface area contributed by atoms with Crippen molar-refractivity contribution in [3.63, 3.8) is 0 Å². The first kappa shape index (κ1) is 16.0. The van der Waals surface area contributed by atoms with Gasteiger partial charge in [-0.3, -0.25) is 4.79 Å². The van der Waals surface area contributed by atoms with E-state index in [0.717, 1.165) is 25.3 Å². The summed E-state index contributed by atoms with van der Waals surface area (Å²) in [4.78, 5) is 11.0. The quantitative estimate of drug-likeness (QED) is 0.398. The summed E-state index contributed by atoms with van der Waals surface area (Å²) in [6.07, 6.45) is 2.84. The molecule has 0 aromatic rings. The van der Waals surface area contributed by atoms with E-state index < -0.39 is 19.5 Å². The lowest BCUT2D eigenvalue weighted by Crippen LogP contribution is -2.42. The van der Waals surface area contributed by atoms with E-state index in [0.29, 0.717) is 0 Å². The Morgan fingerprint density at radius 3 is 2.22 bits per heavy atom. The average Bonchev–Trinajstić information content (AvgIpc) is 3.03. The van der Waals surface area contributed by atoms with Gasteiger partial charge in [-0.15, -0.1) is 11.8 Å². The molecule has 0 aromatic heterocycles. The molecule has 1 saturated heterocycles. The van der Waals surface area contributed by atoms with E-state index in [1.54, 1.807) is 40.0 Å². The van der Waals surface area contributed by atoms with Crippen LogP contribution in [0.1, 0.15) is 26.2 Å². The number of unbranched alkanes of at least 4 members (excludes halogenated alkanes) is 1. The molecule has 1 fully saturated rings. The minimum Gasteiger partial charge on any atom is -0.480 e. The first-order chi connectivity index (χ1) is 8.44. The van der Waals surface area contributed by atoms with Crippen LogP contribution < -0.4 is 0 Å². The standard InChI is InChI=1S/C11H22O5SSi/c1-11(10(12)13)9(17-11)7-5-6-8-18(14-2,15-3)16-4/h9H,5-8H2,1-4H3,(H,12,13). The second-order valence-corrected chi connectivity index (χ2v) is 9.30. The highest BCUT2D eigenvalue weighted by molar-refractivity contribution is 8.09. The van der Waals surface area contributed by atoms with Crippen LogP contribution in [0.25, 0.3) is 0 Å². The van der Waals surface area contributed by atoms with Crippen molar-refractivity contribution >= 4 is 26.5 Å². The third-order valence-electron chi connectivity index (χ3n) is 3.50. The summed E-state index contributed by atoms with van der Waals surface area (Å²) in [5.74, 6) is -0.702. The first-order valence-electron chi connectivity index (χ1n) is 6.01. The largest absolute Gasteiger partial charge is 0.500 e. The Hall–Kier alpha value is -0.0831. The maximum atomic E-state index is 11.0. The van der Waals surface area contributed by atoms with Gasteiger partial charge in [0.15, 0.2) is 0 Å². The average molecular weight is 294 g/mol. The lowest BCUT2D eigenvalue weighted by molar-refractivity contribution is -0.138. The highest BCUT2D eigenvalue weighted by Crippen LogP contribution is 2.55. The topological polar surface area (TPSA) is 65.0 Å². The van der Waals surface area contributed by atoms with Crippen molar-refractivity contribution in [1.29, 1.82) is 0 Å². The zero-order valence-electron chi connectivity index (χ0n) is 11.4. The maximum Gasteiger partial charge on any atom is 0.500 e. The summed E-state index contributed by atoms with van der Waals surface area (Å²) in [6, 6.07) is 0.775. The van der Waals surface area contributed by atoms with Crippen LogP contribution >= 0.6 is 11.8 Å². The number of hydrogen-bond donors (Lipinski definition) is 1. The molecule has 1 rings (SSSR count). The third kappa shape index (κ3) is 3.48. The van der Waals surface area contributed by atoms with E-state index in [1.807, 2.05) is 0 Å². The molecule has 1 aliphatic heterocycles. The molecule has 1 N–H and O–H groups in total. The Kier molecular flexibility index (Phi) is 5.66. The molecule has 0 bridgehead atoms. The molecule has 0 spiro atoms. The van der Waals surface area contributed by atoms with E-state index in [1.165, 1.54) is 0 Å². The lowest BCUT2D eigenvalue weighted by Gasteiger charge is -2.24. The Labute approximate surface area is 114 Å². The molecule has 106 valence electrons. The highest BCUT2D eigenvalue weighted by atomic mass is 32.2. The molecular weight excluding hydrogens is 272 g/mol. The fourth-order valence-electron chi connectivity index (χ4n) is 2.01. The smallest absolute Gasteiger partial charge is 0.480 e. The van der Waals surface area contributed by atoms with Gasteiger partial charge in [-0.2, -0.15) is 0 Å². The molecule has 7 heteroatoms. The Morgan fingerprint density at radius 2 is 1.83 bits per heavy atom. The number of thioether (sulfide) groups is 1. The molecule has 5 nitrogen and oxygen atoms in total. The fraction of sp³-hybridized carbons (Fsp3) is 0.909. The van der Waals surface area contributed by atoms with Crippen LogP contribution in [0.15, 0.2) is 0 Å². The predicted molar refractivity (Wildman–Crippen MR) is 72.9 cm³/mol. The minimum absolute atomic E-state index is 0.249. The van der Waals surface area contributed by atoms with Gasteiger partial charge >= 0.3 is 14.8 Å². The van der Waals surface area contributed by atoms with E-state index in [9.17, 15) is 4.79 Å². The van der Waals surface area contributed by atoms with Crippen molar-refractivity contribution in [2.45, 2.75) is 42.2 Å². The van der Waals surface area contributed by atoms with Crippen molar-refractivity contribution in [3.8, 4) is 0 Å². The number of hydrogen-bond acceptors (Lipinski definition) is 5. The van der Waals surface area contributed by atoms with E-state index in [2.05, 4.69) is 0 Å². The van der Waals surface area contributed by atoms with Crippen LogP contribution in [0, 0.1) is 0 Å². The molecule has 2 unspecified atom stereocenters. The van der Waals surface area contributed by atoms with Gasteiger partial charge in [0.25, 0.3) is 0 Å². The molecule has 2 atom stereocenters. The molecule has 0 aliphatic carbocycles. The molecule has 0 aromatic carbocycles. The van der Waals surface area contributed by atoms with E-state index >= 15 is 0 Å². The monoisotopic (exact) mass is 294 g/mol. The Balaban J connectivity index is 2.22. The predicted octanol–water partition coefficient (Wildman–Crippen LogP) is 1.99. The van der Waals surface area contributed by atoms with Gasteiger partial charge in [0.1, 0.15) is 4.75 Å². The van der Waals surface area contributed by atoms with Gasteiger partial charge in [0.2, 0.25) is 0 Å². The van der Waals surface area contributed by atoms with Gasteiger partial charge in [-0.1, -0.05) is 6.42 Å². The van der Waals surface area contributed by atoms with Crippen molar-refractivity contribution in [1.82, 2.24) is 0 Å². The van der Waals surface area contributed by atoms with Gasteiger partial charge in [-0.25, -0.2) is 0 Å². The van der Waals surface area contributed by atoms with E-state index in [-0.39, 0.29) is 5.25 Å². The van der Waals surface area contributed by atoms with Crippen LogP contribution in [-0.4, -0.2) is 51.2 Å². The van der Waals surface area contributed by atoms with Gasteiger partial charge in [0.05, 0.1) is 0 Å². The number of carboxylic acids is 1. The molecule has 0 amide bonds. The summed E-state index contributed by atoms with van der Waals surface area (Å²) in [5, 5.41) is 9.26. The van der Waals surface area contributed by atoms with Crippen LogP contribution in [0.2, 0.25) is 6.04 Å². The third-order valence-corrected chi connectivity index (χ3v) is 8.02. The van der Waals surface area contributed by atoms with Gasteiger partial charge in [0, 0.05) is 32.6 Å². The summed E-state index contributed by atoms with van der Waals surface area (Å²) in [7, 11) is 2.38. The molecule has 1 heterocycles. The summed E-state index contributed by atoms with van der Waals surface area (Å²) < 4.78 is 15.4. The summed E-state index contributed by atoms with van der Waals surface area (Å²) in [6.45, 7) is 1.79. The van der Waals surface area contributed by atoms with Crippen molar-refractivity contribution in [2.24, 2.45) is 0 Å². The van der Waals surface area contributed by atoms with Crippen molar-refractivity contribution in [3.05, 3.63) is 0 Å². The van der Waals surface area contributed by atoms with Crippen LogP contribution in [0.3, 0.4) is 0 Å². The second-order valence-electron chi connectivity index (χ2n) is 4.56. The molecular formula is C11H22O5SSi. The maximum absolute atomic E-state index is 11.0. The number of carbonyl (C=O) groups is 1. The Bertz CT molecular complexity index is 289. The van der Waals surface area contributed by atoms with E-state index in [4.69, 9.17) is 18.4 Å². The number of carboxylic acid groups (broad SMARTS) is 1. The molecule has 18 heavy (non-hydrogen) atoms. The normalized spacial score (nSPS) is 27.2. The number of rotatable bonds is 9. The van der Waals surface area contributed by atoms with Crippen molar-refractivity contribution in [2.75, 3.05) is 21.3 Å². The molecule has 1 aliphatic rings. The van der Waals surface area contributed by atoms with Crippen LogP contribution in [0.4, 0.5) is 0 Å². The van der Waals surface area contributed by atoms with Gasteiger partial charge < -0.3 is 18.4 Å². The highest BCUT2D eigenvalue weighted by Gasteiger charge is 2.57. The lowest BCUT2D eigenvalue weighted by atomic mass is 10.0. The minimum atomic E-state index is -2.45. The SMILES string of the molecule is CO[Si](CCCCC1SC1(C)C(=O)O)(OC)OC. The fourth-order valence-corrected chi connectivity index (χ4v) is 4.93. The van der Waals surface area contributed by atoms with Crippen molar-refractivity contribution < 1.29 is 23.2 Å². The number of aliphatic carboxylic acids is 1. The molecule has 0 radical (unpaired) electrons. The summed E-state index contributed by atoms with van der Waals surface area (Å²) in [5.41, 5.74) is 0. The zero-order chi connectivity index (χ0) is 13.8. The Morgan fingerprint density at radius 1 is 1.28 bits per heavy atom. The molecule has 0 saturated carbocycles. The van der Waals surface area contributed by atoms with Crippen LogP contribution in [0.5, 0.6) is 0 Å². The second kappa shape index (κ2) is 6.38. The zero-order valence-corrected chi connectivity index (χ0v) is 13.2. The first-order valence-corrected chi connectivity index (χ1v) is 8.82. The summed E-state index contributed by atoms with van der Waals surface area (Å²) >= 11 is 1.54.